The van der Waals surface area contributed by atoms with Crippen LogP contribution in [-0.4, -0.2) is 39.2 Å². The molecule has 2 aromatic rings. The average Bonchev–Trinajstić information content (AvgIpc) is 3.25. The second-order valence-electron chi connectivity index (χ2n) is 6.59. The molecule has 1 aromatic carbocycles. The number of hydrogen-bond acceptors (Lipinski definition) is 5. The van der Waals surface area contributed by atoms with Crippen LogP contribution < -0.4 is 10.6 Å². The lowest BCUT2D eigenvalue weighted by Gasteiger charge is -2.31. The average molecular weight is 367 g/mol. The monoisotopic (exact) mass is 366 g/mol. The zero-order valence-electron chi connectivity index (χ0n) is 13.8. The first kappa shape index (κ1) is 17.8. The predicted octanol–water partition coefficient (Wildman–Crippen LogP) is 1.89. The predicted molar refractivity (Wildman–Crippen MR) is 92.5 cm³/mol. The van der Waals surface area contributed by atoms with Crippen molar-refractivity contribution in [1.29, 1.82) is 0 Å². The number of aromatic nitrogens is 4. The van der Waals surface area contributed by atoms with E-state index in [0.717, 1.165) is 25.9 Å². The van der Waals surface area contributed by atoms with Gasteiger partial charge >= 0.3 is 0 Å². The highest BCUT2D eigenvalue weighted by Gasteiger charge is 2.31. The van der Waals surface area contributed by atoms with Gasteiger partial charge in [-0.25, -0.2) is 4.39 Å². The van der Waals surface area contributed by atoms with Crippen LogP contribution in [0.15, 0.2) is 18.2 Å². The number of halogens is 2. The highest BCUT2D eigenvalue weighted by Crippen LogP contribution is 2.39. The molecule has 1 saturated heterocycles. The minimum atomic E-state index is -0.418. The fourth-order valence-electron chi connectivity index (χ4n) is 2.85. The van der Waals surface area contributed by atoms with Crippen LogP contribution in [0.4, 0.5) is 10.1 Å². The van der Waals surface area contributed by atoms with Crippen molar-refractivity contribution in [3.8, 4) is 5.69 Å². The van der Waals surface area contributed by atoms with E-state index >= 15 is 0 Å². The van der Waals surface area contributed by atoms with E-state index in [1.165, 1.54) is 10.7 Å². The minimum Gasteiger partial charge on any atom is -0.326 e. The van der Waals surface area contributed by atoms with Gasteiger partial charge in [0.15, 0.2) is 5.82 Å². The van der Waals surface area contributed by atoms with Gasteiger partial charge in [-0.15, -0.1) is 17.5 Å². The lowest BCUT2D eigenvalue weighted by atomic mass is 9.88. The molecule has 25 heavy (non-hydrogen) atoms. The number of nitrogens with one attached hydrogen (secondary N) is 2. The van der Waals surface area contributed by atoms with Gasteiger partial charge in [-0.2, -0.15) is 4.68 Å². The van der Waals surface area contributed by atoms with Gasteiger partial charge in [-0.05, 0) is 60.5 Å². The molecule has 1 unspecified atom stereocenters. The van der Waals surface area contributed by atoms with Crippen molar-refractivity contribution in [3.63, 3.8) is 0 Å². The van der Waals surface area contributed by atoms with Crippen LogP contribution in [0.3, 0.4) is 0 Å². The van der Waals surface area contributed by atoms with Crippen molar-refractivity contribution in [2.24, 2.45) is 11.8 Å². The maximum atomic E-state index is 14.2. The van der Waals surface area contributed by atoms with E-state index in [1.807, 2.05) is 6.92 Å². The summed E-state index contributed by atoms with van der Waals surface area (Å²) in [5.41, 5.74) is 0.811. The van der Waals surface area contributed by atoms with E-state index in [9.17, 15) is 9.18 Å². The van der Waals surface area contributed by atoms with Crippen molar-refractivity contribution in [3.05, 3.63) is 29.8 Å². The highest BCUT2D eigenvalue weighted by molar-refractivity contribution is 5.92. The number of anilines is 1. The molecule has 2 aliphatic rings. The lowest BCUT2D eigenvalue weighted by molar-refractivity contribution is -0.121. The molecule has 0 radical (unpaired) electrons. The van der Waals surface area contributed by atoms with E-state index in [-0.39, 0.29) is 29.9 Å². The molecule has 1 aliphatic carbocycles. The minimum absolute atomic E-state index is 0. The van der Waals surface area contributed by atoms with Gasteiger partial charge in [0, 0.05) is 17.5 Å². The van der Waals surface area contributed by atoms with Crippen LogP contribution in [-0.2, 0) is 4.79 Å². The summed E-state index contributed by atoms with van der Waals surface area (Å²) in [6.45, 7) is 3.63. The Kier molecular flexibility index (Phi) is 5.01. The first-order chi connectivity index (χ1) is 11.6. The molecule has 1 amide bonds. The Balaban J connectivity index is 0.00000182. The largest absolute Gasteiger partial charge is 0.326 e. The summed E-state index contributed by atoms with van der Waals surface area (Å²) in [5.74, 6) is 0.757. The van der Waals surface area contributed by atoms with Gasteiger partial charge in [-0.1, -0.05) is 6.92 Å². The summed E-state index contributed by atoms with van der Waals surface area (Å²) in [5, 5.41) is 17.6. The molecule has 0 spiro atoms. The molecule has 1 atom stereocenters. The van der Waals surface area contributed by atoms with Crippen molar-refractivity contribution in [2.75, 3.05) is 18.4 Å². The Labute approximate surface area is 150 Å². The van der Waals surface area contributed by atoms with Crippen molar-refractivity contribution in [2.45, 2.75) is 25.7 Å². The molecule has 2 N–H and O–H groups in total. The van der Waals surface area contributed by atoms with E-state index < -0.39 is 5.82 Å². The maximum absolute atomic E-state index is 14.2. The van der Waals surface area contributed by atoms with Crippen molar-refractivity contribution in [1.82, 2.24) is 25.5 Å². The molecular weight excluding hydrogens is 347 g/mol. The van der Waals surface area contributed by atoms with Crippen LogP contribution in [0.5, 0.6) is 0 Å². The molecule has 1 aromatic heterocycles. The summed E-state index contributed by atoms with van der Waals surface area (Å²) in [6.07, 6.45) is 2.04. The molecule has 0 bridgehead atoms. The van der Waals surface area contributed by atoms with Crippen molar-refractivity contribution < 1.29 is 9.18 Å². The zero-order valence-corrected chi connectivity index (χ0v) is 14.6. The molecular formula is C16H20ClFN6O. The van der Waals surface area contributed by atoms with Gasteiger partial charge in [0.1, 0.15) is 11.5 Å². The molecule has 2 fully saturated rings. The van der Waals surface area contributed by atoms with Gasteiger partial charge in [-0.3, -0.25) is 4.79 Å². The molecule has 1 aliphatic heterocycles. The normalized spacial score (nSPS) is 18.2. The number of carbonyl (C=O) groups is 1. The molecule has 2 heterocycles. The van der Waals surface area contributed by atoms with Crippen LogP contribution in [0.25, 0.3) is 5.69 Å². The van der Waals surface area contributed by atoms with Gasteiger partial charge in [0.05, 0.1) is 0 Å². The first-order valence-corrected chi connectivity index (χ1v) is 8.23. The molecule has 4 rings (SSSR count). The number of amides is 1. The van der Waals surface area contributed by atoms with Crippen molar-refractivity contribution >= 4 is 24.0 Å². The Morgan fingerprint density at radius 3 is 2.80 bits per heavy atom. The van der Waals surface area contributed by atoms with Gasteiger partial charge < -0.3 is 10.6 Å². The van der Waals surface area contributed by atoms with Crippen LogP contribution in [0.2, 0.25) is 0 Å². The maximum Gasteiger partial charge on any atom is 0.227 e. The third kappa shape index (κ3) is 3.50. The third-order valence-electron chi connectivity index (χ3n) is 4.81. The molecule has 1 saturated carbocycles. The molecule has 134 valence electrons. The SMILES string of the molecule is CC(C(=O)Nc1ccc(F)c(-n2nnnc2C2CC2)c1)C1CNC1.Cl. The Morgan fingerprint density at radius 2 is 2.16 bits per heavy atom. The number of rotatable bonds is 5. The van der Waals surface area contributed by atoms with Crippen LogP contribution >= 0.6 is 12.4 Å². The van der Waals surface area contributed by atoms with Gasteiger partial charge in [0.2, 0.25) is 5.91 Å². The standard InChI is InChI=1S/C16H19FN6O.ClH/c1-9(11-7-18-8-11)16(24)19-12-4-5-13(17)14(6-12)23-15(10-2-3-10)20-21-22-23;/h4-6,9-11,18H,2-3,7-8H2,1H3,(H,19,24);1H. The van der Waals surface area contributed by atoms with E-state index in [4.69, 9.17) is 0 Å². The Hall–Kier alpha value is -2.06. The summed E-state index contributed by atoms with van der Waals surface area (Å²) < 4.78 is 15.7. The Morgan fingerprint density at radius 1 is 1.40 bits per heavy atom. The molecule has 7 nitrogen and oxygen atoms in total. The lowest BCUT2D eigenvalue weighted by Crippen LogP contribution is -2.48. The second-order valence-corrected chi connectivity index (χ2v) is 6.59. The fraction of sp³-hybridized carbons (Fsp3) is 0.500. The number of benzene rings is 1. The summed E-state index contributed by atoms with van der Waals surface area (Å²) in [4.78, 5) is 12.3. The summed E-state index contributed by atoms with van der Waals surface area (Å²) >= 11 is 0. The quantitative estimate of drug-likeness (QED) is 0.844. The summed E-state index contributed by atoms with van der Waals surface area (Å²) in [7, 11) is 0. The number of nitrogens with zero attached hydrogens (tertiary/aromatic N) is 4. The van der Waals surface area contributed by atoms with E-state index in [2.05, 4.69) is 26.2 Å². The number of carbonyl (C=O) groups excluding carboxylic acids is 1. The smallest absolute Gasteiger partial charge is 0.227 e. The topological polar surface area (TPSA) is 84.7 Å². The number of tetrazole rings is 1. The van der Waals surface area contributed by atoms with Crippen LogP contribution in [0.1, 0.15) is 31.5 Å². The fourth-order valence-corrected chi connectivity index (χ4v) is 2.85. The third-order valence-corrected chi connectivity index (χ3v) is 4.81. The van der Waals surface area contributed by atoms with E-state index in [1.54, 1.807) is 12.1 Å². The summed E-state index contributed by atoms with van der Waals surface area (Å²) in [6, 6.07) is 4.48. The van der Waals surface area contributed by atoms with Gasteiger partial charge in [0.25, 0.3) is 0 Å². The zero-order chi connectivity index (χ0) is 16.7. The van der Waals surface area contributed by atoms with E-state index in [0.29, 0.717) is 23.3 Å². The molecule has 9 heteroatoms. The van der Waals surface area contributed by atoms with Crippen LogP contribution in [0, 0.1) is 17.7 Å². The first-order valence-electron chi connectivity index (χ1n) is 8.23. The number of hydrogen-bond donors (Lipinski definition) is 2. The second kappa shape index (κ2) is 7.05. The highest BCUT2D eigenvalue weighted by atomic mass is 35.5. The Bertz CT molecular complexity index is 774.